The van der Waals surface area contributed by atoms with Gasteiger partial charge in [0.05, 0.1) is 6.61 Å². The number of furan rings is 1. The maximum atomic E-state index is 11.9. The van der Waals surface area contributed by atoms with Crippen molar-refractivity contribution in [2.24, 2.45) is 0 Å². The van der Waals surface area contributed by atoms with Crippen molar-refractivity contribution in [3.05, 3.63) is 93.7 Å². The largest absolute Gasteiger partial charge is 0.492 e. The molecule has 0 radical (unpaired) electrons. The van der Waals surface area contributed by atoms with E-state index < -0.39 is 0 Å². The second-order valence-corrected chi connectivity index (χ2v) is 12.6. The fraction of sp³-hybridized carbons (Fsp3) is 0.417. The number of alkyl halides is 1. The van der Waals surface area contributed by atoms with Gasteiger partial charge in [-0.1, -0.05) is 58.4 Å². The monoisotopic (exact) mass is 647 g/mol. The van der Waals surface area contributed by atoms with Gasteiger partial charge in [-0.3, -0.25) is 9.69 Å². The van der Waals surface area contributed by atoms with Gasteiger partial charge in [0.1, 0.15) is 40.9 Å². The smallest absolute Gasteiger partial charge is 0.320 e. The molecule has 43 heavy (non-hydrogen) atoms. The standard InChI is InChI=1S/C36H42BrNO5/c1-6-40-36(39)32(37)19-27-14-16-30(17-15-27)41-22-29-13-10-18-38(29)20-31-26(5)43-35-24(3)23(2)34(25(4)33(31)35)42-21-28-11-8-7-9-12-28/h7-9,11-12,14-17,29,32H,6,10,13,18-22H2,1-5H3/t29?,32-/m0/s1. The van der Waals surface area contributed by atoms with Gasteiger partial charge >= 0.3 is 5.97 Å². The van der Waals surface area contributed by atoms with Crippen LogP contribution in [0.25, 0.3) is 11.0 Å². The summed E-state index contributed by atoms with van der Waals surface area (Å²) in [5, 5.41) is 1.18. The maximum Gasteiger partial charge on any atom is 0.320 e. The number of nitrogens with zero attached hydrogens (tertiary/aromatic N) is 1. The van der Waals surface area contributed by atoms with E-state index in [4.69, 9.17) is 18.6 Å². The molecular weight excluding hydrogens is 606 g/mol. The molecule has 2 heterocycles. The second-order valence-electron chi connectivity index (χ2n) is 11.5. The van der Waals surface area contributed by atoms with Crippen LogP contribution in [0.5, 0.6) is 11.5 Å². The molecule has 0 amide bonds. The number of aryl methyl sites for hydroxylation is 3. The van der Waals surface area contributed by atoms with Crippen LogP contribution in [0.2, 0.25) is 0 Å². The molecule has 4 aromatic rings. The molecule has 0 aliphatic carbocycles. The van der Waals surface area contributed by atoms with Crippen LogP contribution in [0.15, 0.2) is 59.0 Å². The number of hydrogen-bond acceptors (Lipinski definition) is 6. The van der Waals surface area contributed by atoms with E-state index in [1.54, 1.807) is 0 Å². The van der Waals surface area contributed by atoms with Crippen LogP contribution in [0.4, 0.5) is 0 Å². The molecule has 0 saturated carbocycles. The molecule has 1 aromatic heterocycles. The van der Waals surface area contributed by atoms with Crippen molar-refractivity contribution in [2.75, 3.05) is 19.8 Å². The molecule has 1 saturated heterocycles. The van der Waals surface area contributed by atoms with Gasteiger partial charge in [-0.25, -0.2) is 0 Å². The van der Waals surface area contributed by atoms with E-state index in [9.17, 15) is 4.79 Å². The Hall–Kier alpha value is -3.29. The van der Waals surface area contributed by atoms with Crippen LogP contribution in [-0.4, -0.2) is 41.5 Å². The summed E-state index contributed by atoms with van der Waals surface area (Å²) in [7, 11) is 0. The lowest BCUT2D eigenvalue weighted by Crippen LogP contribution is -2.33. The summed E-state index contributed by atoms with van der Waals surface area (Å²) in [5.41, 5.74) is 7.82. The zero-order valence-electron chi connectivity index (χ0n) is 25.9. The van der Waals surface area contributed by atoms with Crippen LogP contribution in [-0.2, 0) is 29.1 Å². The molecule has 1 unspecified atom stereocenters. The Morgan fingerprint density at radius 2 is 1.72 bits per heavy atom. The van der Waals surface area contributed by atoms with Crippen molar-refractivity contribution in [1.29, 1.82) is 0 Å². The molecule has 0 spiro atoms. The molecule has 228 valence electrons. The van der Waals surface area contributed by atoms with Crippen molar-refractivity contribution in [3.63, 3.8) is 0 Å². The zero-order chi connectivity index (χ0) is 30.5. The predicted octanol–water partition coefficient (Wildman–Crippen LogP) is 8.16. The van der Waals surface area contributed by atoms with E-state index in [1.165, 1.54) is 10.9 Å². The number of carbonyl (C=O) groups excluding carboxylic acids is 1. The molecule has 1 aliphatic rings. The van der Waals surface area contributed by atoms with E-state index in [0.29, 0.717) is 32.3 Å². The highest BCUT2D eigenvalue weighted by Gasteiger charge is 2.29. The highest BCUT2D eigenvalue weighted by Crippen LogP contribution is 2.40. The van der Waals surface area contributed by atoms with Crippen molar-refractivity contribution in [2.45, 2.75) is 77.9 Å². The van der Waals surface area contributed by atoms with Gasteiger partial charge in [0.2, 0.25) is 0 Å². The highest BCUT2D eigenvalue weighted by atomic mass is 79.9. The molecule has 2 atom stereocenters. The first-order valence-electron chi connectivity index (χ1n) is 15.2. The summed E-state index contributed by atoms with van der Waals surface area (Å²) in [6.45, 7) is 13.7. The van der Waals surface area contributed by atoms with Gasteiger partial charge in [-0.15, -0.1) is 0 Å². The lowest BCUT2D eigenvalue weighted by atomic mass is 9.97. The minimum absolute atomic E-state index is 0.235. The van der Waals surface area contributed by atoms with Crippen LogP contribution in [0.3, 0.4) is 0 Å². The average molecular weight is 649 g/mol. The topological polar surface area (TPSA) is 61.1 Å². The van der Waals surface area contributed by atoms with Crippen molar-refractivity contribution in [3.8, 4) is 11.5 Å². The van der Waals surface area contributed by atoms with Crippen LogP contribution < -0.4 is 9.47 Å². The number of hydrogen-bond donors (Lipinski definition) is 0. The Bertz CT molecular complexity index is 1550. The number of rotatable bonds is 12. The normalized spacial score (nSPS) is 16.0. The quantitative estimate of drug-likeness (QED) is 0.114. The maximum absolute atomic E-state index is 11.9. The van der Waals surface area contributed by atoms with Crippen LogP contribution in [0, 0.1) is 27.7 Å². The van der Waals surface area contributed by atoms with E-state index in [2.05, 4.69) is 60.7 Å². The Labute approximate surface area is 263 Å². The molecule has 0 N–H and O–H groups in total. The number of ether oxygens (including phenoxy) is 3. The predicted molar refractivity (Wildman–Crippen MR) is 174 cm³/mol. The lowest BCUT2D eigenvalue weighted by molar-refractivity contribution is -0.142. The van der Waals surface area contributed by atoms with Gasteiger partial charge in [0, 0.05) is 29.1 Å². The van der Waals surface area contributed by atoms with E-state index in [1.807, 2.05) is 49.4 Å². The molecule has 1 fully saturated rings. The third-order valence-electron chi connectivity index (χ3n) is 8.58. The summed E-state index contributed by atoms with van der Waals surface area (Å²) in [4.78, 5) is 14.1. The SMILES string of the molecule is CCOC(=O)[C@@H](Br)Cc1ccc(OCC2CCCN2Cc2c(C)oc3c(C)c(C)c(OCc4ccccc4)c(C)c23)cc1. The molecule has 5 rings (SSSR count). The second kappa shape index (κ2) is 14.0. The molecule has 0 bridgehead atoms. The Balaban J connectivity index is 1.27. The van der Waals surface area contributed by atoms with E-state index in [-0.39, 0.29) is 10.8 Å². The van der Waals surface area contributed by atoms with Crippen molar-refractivity contribution in [1.82, 2.24) is 4.90 Å². The molecular formula is C36H42BrNO5. The minimum Gasteiger partial charge on any atom is -0.492 e. The first-order chi connectivity index (χ1) is 20.8. The molecule has 1 aliphatic heterocycles. The van der Waals surface area contributed by atoms with Gasteiger partial charge in [0.15, 0.2) is 0 Å². The lowest BCUT2D eigenvalue weighted by Gasteiger charge is -2.25. The summed E-state index contributed by atoms with van der Waals surface area (Å²) in [5.74, 6) is 2.52. The van der Waals surface area contributed by atoms with E-state index >= 15 is 0 Å². The summed E-state index contributed by atoms with van der Waals surface area (Å²) < 4.78 is 24.2. The van der Waals surface area contributed by atoms with Gasteiger partial charge < -0.3 is 18.6 Å². The minimum atomic E-state index is -0.350. The van der Waals surface area contributed by atoms with Crippen LogP contribution >= 0.6 is 15.9 Å². The number of esters is 1. The number of halogens is 1. The van der Waals surface area contributed by atoms with Gasteiger partial charge in [0.25, 0.3) is 0 Å². The van der Waals surface area contributed by atoms with Crippen molar-refractivity contribution < 1.29 is 23.4 Å². The van der Waals surface area contributed by atoms with E-state index in [0.717, 1.165) is 76.6 Å². The molecule has 7 heteroatoms. The number of carbonyl (C=O) groups is 1. The third kappa shape index (κ3) is 7.10. The number of fused-ring (bicyclic) bond motifs is 1. The van der Waals surface area contributed by atoms with Gasteiger partial charge in [-0.05, 0) is 94.8 Å². The average Bonchev–Trinajstić information content (AvgIpc) is 3.60. The summed E-state index contributed by atoms with van der Waals surface area (Å²) >= 11 is 3.43. The fourth-order valence-corrected chi connectivity index (χ4v) is 6.55. The highest BCUT2D eigenvalue weighted by molar-refractivity contribution is 9.10. The molecule has 3 aromatic carbocycles. The van der Waals surface area contributed by atoms with Crippen LogP contribution in [0.1, 0.15) is 58.9 Å². The Morgan fingerprint density at radius 1 is 0.977 bits per heavy atom. The van der Waals surface area contributed by atoms with Gasteiger partial charge in [-0.2, -0.15) is 0 Å². The first kappa shape index (κ1) is 31.1. The molecule has 6 nitrogen and oxygen atoms in total. The number of benzene rings is 3. The summed E-state index contributed by atoms with van der Waals surface area (Å²) in [6, 6.07) is 18.6. The first-order valence-corrected chi connectivity index (χ1v) is 16.1. The third-order valence-corrected chi connectivity index (χ3v) is 9.28. The van der Waals surface area contributed by atoms with Crippen molar-refractivity contribution >= 4 is 32.9 Å². The Kier molecular flexibility index (Phi) is 10.1. The zero-order valence-corrected chi connectivity index (χ0v) is 27.5. The summed E-state index contributed by atoms with van der Waals surface area (Å²) in [6.07, 6.45) is 2.82. The number of likely N-dealkylation sites (tertiary alicyclic amines) is 1. The Morgan fingerprint density at radius 3 is 2.44 bits per heavy atom. The fourth-order valence-electron chi connectivity index (χ4n) is 6.04.